The Labute approximate surface area is 175 Å². The van der Waals surface area contributed by atoms with Crippen LogP contribution in [0.25, 0.3) is 0 Å². The van der Waals surface area contributed by atoms with Gasteiger partial charge in [-0.25, -0.2) is 4.39 Å². The summed E-state index contributed by atoms with van der Waals surface area (Å²) in [6.07, 6.45) is 4.39. The molecule has 0 saturated carbocycles. The summed E-state index contributed by atoms with van der Waals surface area (Å²) in [4.78, 5) is 14.0. The molecule has 7 heteroatoms. The zero-order valence-corrected chi connectivity index (χ0v) is 17.1. The van der Waals surface area contributed by atoms with Gasteiger partial charge in [-0.2, -0.15) is 5.10 Å². The smallest absolute Gasteiger partial charge is 0.252 e. The molecule has 0 bridgehead atoms. The maximum absolute atomic E-state index is 14.1. The molecule has 1 aliphatic heterocycles. The number of para-hydroxylation sites is 1. The summed E-state index contributed by atoms with van der Waals surface area (Å²) in [5.74, 6) is -1.05. The van der Waals surface area contributed by atoms with Gasteiger partial charge in [0, 0.05) is 31.4 Å². The lowest BCUT2D eigenvalue weighted by Crippen LogP contribution is -2.23. The number of primary amides is 1. The van der Waals surface area contributed by atoms with E-state index in [0.29, 0.717) is 11.8 Å². The van der Waals surface area contributed by atoms with Crippen molar-refractivity contribution < 1.29 is 13.9 Å². The van der Waals surface area contributed by atoms with Crippen LogP contribution in [-0.2, 0) is 13.6 Å². The van der Waals surface area contributed by atoms with E-state index in [0.717, 1.165) is 37.2 Å². The molecule has 0 radical (unpaired) electrons. The predicted molar refractivity (Wildman–Crippen MR) is 112 cm³/mol. The number of rotatable bonds is 6. The first-order chi connectivity index (χ1) is 14.4. The summed E-state index contributed by atoms with van der Waals surface area (Å²) < 4.78 is 21.6. The fraction of sp³-hybridized carbons (Fsp3) is 0.304. The van der Waals surface area contributed by atoms with E-state index in [1.165, 1.54) is 23.8 Å². The largest absolute Gasteiger partial charge is 0.453 e. The Morgan fingerprint density at radius 2 is 2.03 bits per heavy atom. The molecule has 3 aromatic rings. The number of aryl methyl sites for hydroxylation is 2. The second-order valence-corrected chi connectivity index (χ2v) is 7.70. The van der Waals surface area contributed by atoms with Gasteiger partial charge in [-0.15, -0.1) is 0 Å². The number of likely N-dealkylation sites (tertiary alicyclic amines) is 1. The first-order valence-corrected chi connectivity index (χ1v) is 10.0. The molecule has 4 rings (SSSR count). The maximum atomic E-state index is 14.1. The van der Waals surface area contributed by atoms with E-state index in [9.17, 15) is 9.18 Å². The van der Waals surface area contributed by atoms with Crippen LogP contribution < -0.4 is 10.5 Å². The third kappa shape index (κ3) is 4.07. The Kier molecular flexibility index (Phi) is 5.55. The van der Waals surface area contributed by atoms with Crippen molar-refractivity contribution in [3.8, 4) is 11.5 Å². The van der Waals surface area contributed by atoms with Crippen LogP contribution in [0.3, 0.4) is 0 Å². The van der Waals surface area contributed by atoms with E-state index in [2.05, 4.69) is 23.1 Å². The topological polar surface area (TPSA) is 73.4 Å². The van der Waals surface area contributed by atoms with Crippen molar-refractivity contribution in [3.63, 3.8) is 0 Å². The van der Waals surface area contributed by atoms with Crippen LogP contribution in [-0.4, -0.2) is 27.1 Å². The Morgan fingerprint density at radius 3 is 2.70 bits per heavy atom. The summed E-state index contributed by atoms with van der Waals surface area (Å²) in [7, 11) is 1.95. The Hall–Kier alpha value is -3.19. The number of aromatic nitrogens is 2. The van der Waals surface area contributed by atoms with Crippen molar-refractivity contribution in [1.82, 2.24) is 14.7 Å². The third-order valence-corrected chi connectivity index (χ3v) is 5.54. The molecule has 1 saturated heterocycles. The van der Waals surface area contributed by atoms with E-state index >= 15 is 0 Å². The molecule has 0 spiro atoms. The highest BCUT2D eigenvalue weighted by molar-refractivity contribution is 5.95. The number of nitrogens with two attached hydrogens (primary N) is 1. The Balaban J connectivity index is 1.48. The summed E-state index contributed by atoms with van der Waals surface area (Å²) in [6, 6.07) is 12.0. The van der Waals surface area contributed by atoms with Gasteiger partial charge in [-0.05, 0) is 56.1 Å². The number of hydrogen-bond acceptors (Lipinski definition) is 4. The molecule has 2 aromatic carbocycles. The molecular formula is C23H25FN4O2. The second kappa shape index (κ2) is 8.28. The van der Waals surface area contributed by atoms with Gasteiger partial charge in [0.05, 0.1) is 11.3 Å². The van der Waals surface area contributed by atoms with E-state index in [1.54, 1.807) is 12.1 Å². The van der Waals surface area contributed by atoms with Gasteiger partial charge in [0.1, 0.15) is 5.75 Å². The fourth-order valence-electron chi connectivity index (χ4n) is 4.13. The van der Waals surface area contributed by atoms with Crippen LogP contribution in [0.15, 0.2) is 48.7 Å². The van der Waals surface area contributed by atoms with Crippen LogP contribution in [0, 0.1) is 12.7 Å². The van der Waals surface area contributed by atoms with Gasteiger partial charge in [0.2, 0.25) is 0 Å². The van der Waals surface area contributed by atoms with E-state index in [-0.39, 0.29) is 11.3 Å². The molecule has 2 heterocycles. The monoisotopic (exact) mass is 408 g/mol. The molecule has 1 aromatic heterocycles. The average molecular weight is 408 g/mol. The van der Waals surface area contributed by atoms with Crippen LogP contribution in [0.4, 0.5) is 4.39 Å². The molecule has 1 unspecified atom stereocenters. The summed E-state index contributed by atoms with van der Waals surface area (Å²) in [5, 5.41) is 4.49. The van der Waals surface area contributed by atoms with Crippen molar-refractivity contribution in [3.05, 3.63) is 76.9 Å². The van der Waals surface area contributed by atoms with E-state index < -0.39 is 11.7 Å². The quantitative estimate of drug-likeness (QED) is 0.667. The van der Waals surface area contributed by atoms with Crippen molar-refractivity contribution in [1.29, 1.82) is 0 Å². The maximum Gasteiger partial charge on any atom is 0.252 e. The zero-order chi connectivity index (χ0) is 21.3. The summed E-state index contributed by atoms with van der Waals surface area (Å²) >= 11 is 0. The molecule has 1 amide bonds. The fourth-order valence-corrected chi connectivity index (χ4v) is 4.13. The van der Waals surface area contributed by atoms with Crippen molar-refractivity contribution in [2.75, 3.05) is 6.54 Å². The van der Waals surface area contributed by atoms with Gasteiger partial charge in [0.15, 0.2) is 11.6 Å². The highest BCUT2D eigenvalue weighted by Gasteiger charge is 2.28. The standard InChI is InChI=1S/C23H25FN4O2/c1-15-19(14-27(2)26-15)21-7-4-12-28(21)13-16-8-10-17(11-9-16)30-22-18(23(25)29)5-3-6-20(22)24/h3,5-6,8-11,14,21H,4,7,12-13H2,1-2H3,(H2,25,29). The van der Waals surface area contributed by atoms with Crippen molar-refractivity contribution >= 4 is 5.91 Å². The molecule has 156 valence electrons. The van der Waals surface area contributed by atoms with Gasteiger partial charge in [-0.3, -0.25) is 14.4 Å². The average Bonchev–Trinajstić information content (AvgIpc) is 3.29. The minimum absolute atomic E-state index is 0.0193. The Morgan fingerprint density at radius 1 is 1.27 bits per heavy atom. The number of halogens is 1. The van der Waals surface area contributed by atoms with Gasteiger partial charge in [-0.1, -0.05) is 18.2 Å². The number of nitrogens with zero attached hydrogens (tertiary/aromatic N) is 3. The molecule has 1 aliphatic rings. The number of ether oxygens (including phenoxy) is 1. The minimum atomic E-state index is -0.730. The molecule has 0 aliphatic carbocycles. The highest BCUT2D eigenvalue weighted by Crippen LogP contribution is 2.35. The van der Waals surface area contributed by atoms with Gasteiger partial charge < -0.3 is 10.5 Å². The van der Waals surface area contributed by atoms with Gasteiger partial charge in [0.25, 0.3) is 5.91 Å². The SMILES string of the molecule is Cc1nn(C)cc1C1CCCN1Cc1ccc(Oc2c(F)cccc2C(N)=O)cc1. The number of benzene rings is 2. The second-order valence-electron chi connectivity index (χ2n) is 7.70. The van der Waals surface area contributed by atoms with Crippen LogP contribution >= 0.6 is 0 Å². The lowest BCUT2D eigenvalue weighted by molar-refractivity contribution is 0.0997. The third-order valence-electron chi connectivity index (χ3n) is 5.54. The molecule has 1 fully saturated rings. The van der Waals surface area contributed by atoms with Crippen molar-refractivity contribution in [2.24, 2.45) is 12.8 Å². The zero-order valence-electron chi connectivity index (χ0n) is 17.1. The molecule has 30 heavy (non-hydrogen) atoms. The van der Waals surface area contributed by atoms with Crippen LogP contribution in [0.1, 0.15) is 46.1 Å². The summed E-state index contributed by atoms with van der Waals surface area (Å²) in [6.45, 7) is 3.90. The molecule has 1 atom stereocenters. The van der Waals surface area contributed by atoms with E-state index in [1.807, 2.05) is 23.9 Å². The van der Waals surface area contributed by atoms with Crippen LogP contribution in [0.2, 0.25) is 0 Å². The molecule has 6 nitrogen and oxygen atoms in total. The Bertz CT molecular complexity index is 1060. The number of carbonyl (C=O) groups excluding carboxylic acids is 1. The van der Waals surface area contributed by atoms with Crippen molar-refractivity contribution in [2.45, 2.75) is 32.4 Å². The number of carbonyl (C=O) groups is 1. The summed E-state index contributed by atoms with van der Waals surface area (Å²) in [5.41, 5.74) is 8.85. The first-order valence-electron chi connectivity index (χ1n) is 10.0. The number of hydrogen-bond donors (Lipinski definition) is 1. The lowest BCUT2D eigenvalue weighted by Gasteiger charge is -2.24. The normalized spacial score (nSPS) is 16.7. The number of amides is 1. The predicted octanol–water partition coefficient (Wildman–Crippen LogP) is 4.10. The van der Waals surface area contributed by atoms with E-state index in [4.69, 9.17) is 10.5 Å². The van der Waals surface area contributed by atoms with Crippen LogP contribution in [0.5, 0.6) is 11.5 Å². The molecule has 2 N–H and O–H groups in total. The highest BCUT2D eigenvalue weighted by atomic mass is 19.1. The molecular weight excluding hydrogens is 383 g/mol. The lowest BCUT2D eigenvalue weighted by atomic mass is 10.1. The minimum Gasteiger partial charge on any atom is -0.453 e. The van der Waals surface area contributed by atoms with Gasteiger partial charge >= 0.3 is 0 Å². The first kappa shape index (κ1) is 20.1.